The number of benzene rings is 2. The summed E-state index contributed by atoms with van der Waals surface area (Å²) in [5.74, 6) is -0.0267. The van der Waals surface area contributed by atoms with Gasteiger partial charge in [0, 0.05) is 12.1 Å². The van der Waals surface area contributed by atoms with Gasteiger partial charge in [0.1, 0.15) is 5.69 Å². The summed E-state index contributed by atoms with van der Waals surface area (Å²) in [5, 5.41) is 10.3. The molecule has 0 amide bonds. The molecule has 3 aromatic rings. The number of aromatic nitrogens is 3. The first-order valence-electron chi connectivity index (χ1n) is 7.36. The van der Waals surface area contributed by atoms with Crippen molar-refractivity contribution in [3.63, 3.8) is 0 Å². The topological polar surface area (TPSA) is 70.7 Å². The van der Waals surface area contributed by atoms with E-state index in [1.807, 2.05) is 30.3 Å². The van der Waals surface area contributed by atoms with Crippen molar-refractivity contribution in [2.45, 2.75) is 12.6 Å². The Hall–Kier alpha value is -3.16. The van der Waals surface area contributed by atoms with E-state index in [-0.39, 0.29) is 17.3 Å². The van der Waals surface area contributed by atoms with E-state index in [1.165, 1.54) is 12.1 Å². The molecule has 0 spiro atoms. The molecule has 8 heteroatoms. The maximum Gasteiger partial charge on any atom is 0.416 e. The first-order chi connectivity index (χ1) is 11.9. The second kappa shape index (κ2) is 6.76. The van der Waals surface area contributed by atoms with Crippen molar-refractivity contribution < 1.29 is 13.2 Å². The molecule has 128 valence electrons. The molecule has 1 heterocycles. The molecular formula is C17H13F3N4O. The average molecular weight is 346 g/mol. The molecule has 2 aromatic carbocycles. The minimum absolute atomic E-state index is 0.0267. The smallest absolute Gasteiger partial charge is 0.324 e. The zero-order chi connectivity index (χ0) is 17.9. The number of H-pyrrole nitrogens is 1. The van der Waals surface area contributed by atoms with Crippen LogP contribution in [0.5, 0.6) is 0 Å². The zero-order valence-electron chi connectivity index (χ0n) is 12.8. The van der Waals surface area contributed by atoms with Crippen molar-refractivity contribution in [1.82, 2.24) is 15.2 Å². The van der Waals surface area contributed by atoms with E-state index in [4.69, 9.17) is 0 Å². The van der Waals surface area contributed by atoms with Gasteiger partial charge in [-0.1, -0.05) is 36.4 Å². The maximum absolute atomic E-state index is 12.7. The Bertz CT molecular complexity index is 923. The fraction of sp³-hybridized carbons (Fsp3) is 0.118. The third-order valence-corrected chi connectivity index (χ3v) is 3.43. The molecule has 0 fully saturated rings. The molecule has 3 rings (SSSR count). The van der Waals surface area contributed by atoms with Crippen molar-refractivity contribution >= 4 is 11.6 Å². The molecule has 0 unspecified atom stereocenters. The lowest BCUT2D eigenvalue weighted by Crippen LogP contribution is -2.19. The molecule has 0 radical (unpaired) electrons. The highest BCUT2D eigenvalue weighted by Gasteiger charge is 2.30. The minimum Gasteiger partial charge on any atom is -0.324 e. The summed E-state index contributed by atoms with van der Waals surface area (Å²) in [7, 11) is 0. The van der Waals surface area contributed by atoms with E-state index < -0.39 is 17.3 Å². The Balaban J connectivity index is 1.79. The van der Waals surface area contributed by atoms with Crippen LogP contribution in [0.15, 0.2) is 59.4 Å². The standard InChI is InChI=1S/C17H13F3N4O/c18-17(19,20)12-7-4-8-13(10-12)21-16-22-15(25)14(23-24-16)9-11-5-2-1-3-6-11/h1-8,10H,9H2,(H2,21,22,24,25). The van der Waals surface area contributed by atoms with Gasteiger partial charge in [0.05, 0.1) is 5.56 Å². The first kappa shape index (κ1) is 16.7. The van der Waals surface area contributed by atoms with Crippen LogP contribution in [0.1, 0.15) is 16.8 Å². The SMILES string of the molecule is O=c1[nH]c(Nc2cccc(C(F)(F)F)c2)nnc1Cc1ccccc1. The summed E-state index contributed by atoms with van der Waals surface area (Å²) in [6.45, 7) is 0. The molecule has 0 saturated carbocycles. The number of aromatic amines is 1. The van der Waals surface area contributed by atoms with E-state index >= 15 is 0 Å². The Morgan fingerprint density at radius 3 is 2.44 bits per heavy atom. The summed E-state index contributed by atoms with van der Waals surface area (Å²) in [4.78, 5) is 14.6. The van der Waals surface area contributed by atoms with E-state index in [9.17, 15) is 18.0 Å². The fourth-order valence-corrected chi connectivity index (χ4v) is 2.23. The van der Waals surface area contributed by atoms with Gasteiger partial charge in [-0.2, -0.15) is 13.2 Å². The molecule has 25 heavy (non-hydrogen) atoms. The van der Waals surface area contributed by atoms with Crippen molar-refractivity contribution in [3.8, 4) is 0 Å². The highest BCUT2D eigenvalue weighted by molar-refractivity contribution is 5.54. The molecule has 2 N–H and O–H groups in total. The van der Waals surface area contributed by atoms with Gasteiger partial charge in [-0.25, -0.2) is 0 Å². The van der Waals surface area contributed by atoms with E-state index in [2.05, 4.69) is 20.5 Å². The summed E-state index contributed by atoms with van der Waals surface area (Å²) in [6.07, 6.45) is -4.14. The van der Waals surface area contributed by atoms with Crippen LogP contribution in [-0.4, -0.2) is 15.2 Å². The summed E-state index contributed by atoms with van der Waals surface area (Å²) < 4.78 is 38.2. The van der Waals surface area contributed by atoms with Crippen molar-refractivity contribution in [2.24, 2.45) is 0 Å². The van der Waals surface area contributed by atoms with E-state index in [0.717, 1.165) is 17.7 Å². The summed E-state index contributed by atoms with van der Waals surface area (Å²) >= 11 is 0. The van der Waals surface area contributed by atoms with Gasteiger partial charge >= 0.3 is 6.18 Å². The largest absolute Gasteiger partial charge is 0.416 e. The molecule has 0 atom stereocenters. The molecule has 0 aliphatic rings. The normalized spacial score (nSPS) is 11.3. The second-order valence-corrected chi connectivity index (χ2v) is 5.32. The number of hydrogen-bond donors (Lipinski definition) is 2. The molecular weight excluding hydrogens is 333 g/mol. The van der Waals surface area contributed by atoms with E-state index in [1.54, 1.807) is 0 Å². The first-order valence-corrected chi connectivity index (χ1v) is 7.36. The van der Waals surface area contributed by atoms with Gasteiger partial charge in [0.25, 0.3) is 5.56 Å². The second-order valence-electron chi connectivity index (χ2n) is 5.32. The summed E-state index contributed by atoms with van der Waals surface area (Å²) in [5.41, 5.74) is 0.0269. The molecule has 0 saturated heterocycles. The number of nitrogens with one attached hydrogen (secondary N) is 2. The minimum atomic E-state index is -4.45. The zero-order valence-corrected chi connectivity index (χ0v) is 12.8. The summed E-state index contributed by atoms with van der Waals surface area (Å²) in [6, 6.07) is 13.9. The molecule has 5 nitrogen and oxygen atoms in total. The lowest BCUT2D eigenvalue weighted by atomic mass is 10.1. The van der Waals surface area contributed by atoms with Gasteiger partial charge in [-0.3, -0.25) is 9.78 Å². The average Bonchev–Trinajstić information content (AvgIpc) is 2.58. The van der Waals surface area contributed by atoms with Crippen LogP contribution in [0.2, 0.25) is 0 Å². The maximum atomic E-state index is 12.7. The van der Waals surface area contributed by atoms with Crippen LogP contribution in [-0.2, 0) is 12.6 Å². The van der Waals surface area contributed by atoms with Crippen LogP contribution in [0.3, 0.4) is 0 Å². The number of alkyl halides is 3. The van der Waals surface area contributed by atoms with Crippen LogP contribution in [0.25, 0.3) is 0 Å². The van der Waals surface area contributed by atoms with Crippen LogP contribution in [0.4, 0.5) is 24.8 Å². The Morgan fingerprint density at radius 2 is 1.76 bits per heavy atom. The third kappa shape index (κ3) is 4.23. The molecule has 1 aromatic heterocycles. The van der Waals surface area contributed by atoms with Gasteiger partial charge in [-0.05, 0) is 23.8 Å². The lowest BCUT2D eigenvalue weighted by Gasteiger charge is -2.09. The quantitative estimate of drug-likeness (QED) is 0.758. The van der Waals surface area contributed by atoms with Crippen molar-refractivity contribution in [2.75, 3.05) is 5.32 Å². The monoisotopic (exact) mass is 346 g/mol. The lowest BCUT2D eigenvalue weighted by molar-refractivity contribution is -0.137. The Labute approximate surface area is 140 Å². The molecule has 0 aliphatic carbocycles. The van der Waals surface area contributed by atoms with Crippen LogP contribution >= 0.6 is 0 Å². The van der Waals surface area contributed by atoms with Crippen LogP contribution < -0.4 is 10.9 Å². The number of halogens is 3. The number of rotatable bonds is 4. The Morgan fingerprint density at radius 1 is 1.00 bits per heavy atom. The van der Waals surface area contributed by atoms with Crippen molar-refractivity contribution in [3.05, 3.63) is 81.8 Å². The van der Waals surface area contributed by atoms with Crippen LogP contribution in [0, 0.1) is 0 Å². The highest BCUT2D eigenvalue weighted by Crippen LogP contribution is 2.31. The highest BCUT2D eigenvalue weighted by atomic mass is 19.4. The van der Waals surface area contributed by atoms with Crippen molar-refractivity contribution in [1.29, 1.82) is 0 Å². The molecule has 0 aliphatic heterocycles. The number of hydrogen-bond acceptors (Lipinski definition) is 4. The van der Waals surface area contributed by atoms with Gasteiger partial charge in [-0.15, -0.1) is 10.2 Å². The van der Waals surface area contributed by atoms with Gasteiger partial charge in [0.15, 0.2) is 0 Å². The fourth-order valence-electron chi connectivity index (χ4n) is 2.23. The predicted molar refractivity (Wildman–Crippen MR) is 86.6 cm³/mol. The number of nitrogens with zero attached hydrogens (tertiary/aromatic N) is 2. The molecule has 0 bridgehead atoms. The third-order valence-electron chi connectivity index (χ3n) is 3.43. The Kier molecular flexibility index (Phi) is 4.51. The predicted octanol–water partition coefficient (Wildman–Crippen LogP) is 3.52. The number of anilines is 2. The van der Waals surface area contributed by atoms with Gasteiger partial charge in [0.2, 0.25) is 5.95 Å². The van der Waals surface area contributed by atoms with Gasteiger partial charge < -0.3 is 5.32 Å². The van der Waals surface area contributed by atoms with E-state index in [0.29, 0.717) is 6.42 Å².